The molecule has 1 saturated carbocycles. The summed E-state index contributed by atoms with van der Waals surface area (Å²) in [6.07, 6.45) is 6.81. The van der Waals surface area contributed by atoms with Crippen LogP contribution in [0, 0.1) is 5.92 Å². The molecule has 0 saturated heterocycles. The molecule has 0 bridgehead atoms. The molecular weight excluding hydrogens is 162 g/mol. The van der Waals surface area contributed by atoms with E-state index < -0.39 is 0 Å². The molecule has 13 heavy (non-hydrogen) atoms. The van der Waals surface area contributed by atoms with Crippen molar-refractivity contribution >= 4 is 0 Å². The van der Waals surface area contributed by atoms with Crippen LogP contribution in [-0.4, -0.2) is 16.3 Å². The van der Waals surface area contributed by atoms with E-state index in [9.17, 15) is 0 Å². The number of rotatable bonds is 5. The first kappa shape index (κ1) is 8.75. The average Bonchev–Trinajstić information content (AvgIpc) is 2.82. The first-order valence-electron chi connectivity index (χ1n) is 5.11. The number of hydrogen-bond donors (Lipinski definition) is 1. The predicted molar refractivity (Wildman–Crippen MR) is 52.3 cm³/mol. The van der Waals surface area contributed by atoms with Gasteiger partial charge in [0, 0.05) is 18.4 Å². The van der Waals surface area contributed by atoms with Crippen LogP contribution in [0.25, 0.3) is 0 Å². The first-order chi connectivity index (χ1) is 6.40. The molecule has 0 aliphatic heterocycles. The minimum absolute atomic E-state index is 0.772. The zero-order chi connectivity index (χ0) is 9.10. The van der Waals surface area contributed by atoms with Crippen molar-refractivity contribution in [1.29, 1.82) is 0 Å². The van der Waals surface area contributed by atoms with Crippen molar-refractivity contribution in [1.82, 2.24) is 9.78 Å². The van der Waals surface area contributed by atoms with Crippen LogP contribution < -0.4 is 5.73 Å². The Morgan fingerprint density at radius 2 is 2.38 bits per heavy atom. The van der Waals surface area contributed by atoms with Crippen molar-refractivity contribution in [2.24, 2.45) is 11.7 Å². The lowest BCUT2D eigenvalue weighted by atomic mass is 10.2. The highest BCUT2D eigenvalue weighted by molar-refractivity contribution is 5.01. The fourth-order valence-electron chi connectivity index (χ4n) is 1.57. The van der Waals surface area contributed by atoms with Crippen molar-refractivity contribution < 1.29 is 0 Å². The molecule has 0 atom stereocenters. The molecule has 1 aromatic heterocycles. The highest BCUT2D eigenvalue weighted by atomic mass is 15.3. The van der Waals surface area contributed by atoms with Gasteiger partial charge in [-0.05, 0) is 44.2 Å². The van der Waals surface area contributed by atoms with Crippen LogP contribution in [0.4, 0.5) is 0 Å². The van der Waals surface area contributed by atoms with Crippen LogP contribution in [0.3, 0.4) is 0 Å². The highest BCUT2D eigenvalue weighted by Gasteiger charge is 2.22. The Morgan fingerprint density at radius 3 is 3.08 bits per heavy atom. The van der Waals surface area contributed by atoms with Gasteiger partial charge in [0.1, 0.15) is 0 Å². The van der Waals surface area contributed by atoms with E-state index in [1.165, 1.54) is 18.5 Å². The maximum atomic E-state index is 5.48. The zero-order valence-corrected chi connectivity index (χ0v) is 7.95. The van der Waals surface area contributed by atoms with Gasteiger partial charge in [0.15, 0.2) is 0 Å². The van der Waals surface area contributed by atoms with Crippen molar-refractivity contribution in [3.63, 3.8) is 0 Å². The quantitative estimate of drug-likeness (QED) is 0.737. The monoisotopic (exact) mass is 179 g/mol. The molecule has 0 aromatic carbocycles. The maximum Gasteiger partial charge on any atom is 0.0492 e. The van der Waals surface area contributed by atoms with E-state index in [0.717, 1.165) is 31.8 Å². The zero-order valence-electron chi connectivity index (χ0n) is 7.95. The first-order valence-corrected chi connectivity index (χ1v) is 5.11. The van der Waals surface area contributed by atoms with Crippen LogP contribution in [0.1, 0.15) is 25.0 Å². The summed E-state index contributed by atoms with van der Waals surface area (Å²) in [5, 5.41) is 4.33. The molecule has 1 aliphatic carbocycles. The fourth-order valence-corrected chi connectivity index (χ4v) is 1.57. The molecule has 2 N–H and O–H groups in total. The van der Waals surface area contributed by atoms with Gasteiger partial charge >= 0.3 is 0 Å². The topological polar surface area (TPSA) is 43.8 Å². The molecule has 0 spiro atoms. The van der Waals surface area contributed by atoms with Gasteiger partial charge in [-0.15, -0.1) is 0 Å². The van der Waals surface area contributed by atoms with Crippen LogP contribution in [0.5, 0.6) is 0 Å². The molecule has 0 amide bonds. The van der Waals surface area contributed by atoms with Gasteiger partial charge in [0.2, 0.25) is 0 Å². The molecule has 3 heteroatoms. The summed E-state index contributed by atoms with van der Waals surface area (Å²) in [4.78, 5) is 0. The number of hydrogen-bond acceptors (Lipinski definition) is 2. The lowest BCUT2D eigenvalue weighted by molar-refractivity contribution is 0.535. The largest absolute Gasteiger partial charge is 0.330 e. The molecule has 0 unspecified atom stereocenters. The van der Waals surface area contributed by atoms with Gasteiger partial charge in [0.05, 0.1) is 0 Å². The second-order valence-corrected chi connectivity index (χ2v) is 3.84. The van der Waals surface area contributed by atoms with Gasteiger partial charge in [-0.3, -0.25) is 4.68 Å². The molecule has 72 valence electrons. The molecule has 3 nitrogen and oxygen atoms in total. The molecule has 1 heterocycles. The van der Waals surface area contributed by atoms with Crippen LogP contribution in [0.15, 0.2) is 12.3 Å². The van der Waals surface area contributed by atoms with Crippen molar-refractivity contribution in [3.05, 3.63) is 18.0 Å². The minimum atomic E-state index is 0.772. The smallest absolute Gasteiger partial charge is 0.0492 e. The normalized spacial score (nSPS) is 16.4. The summed E-state index contributed by atoms with van der Waals surface area (Å²) in [6.45, 7) is 1.89. The van der Waals surface area contributed by atoms with E-state index in [4.69, 9.17) is 5.73 Å². The molecule has 1 fully saturated rings. The summed E-state index contributed by atoms with van der Waals surface area (Å²) in [5.74, 6) is 0.900. The SMILES string of the molecule is NCCCc1ccnn1CC1CC1. The Bertz CT molecular complexity index is 263. The van der Waals surface area contributed by atoms with Gasteiger partial charge in [-0.1, -0.05) is 0 Å². The Kier molecular flexibility index (Phi) is 2.64. The minimum Gasteiger partial charge on any atom is -0.330 e. The van der Waals surface area contributed by atoms with E-state index in [2.05, 4.69) is 15.8 Å². The van der Waals surface area contributed by atoms with Gasteiger partial charge in [0.25, 0.3) is 0 Å². The fraction of sp³-hybridized carbons (Fsp3) is 0.700. The molecule has 2 rings (SSSR count). The third-order valence-corrected chi connectivity index (χ3v) is 2.57. The molecule has 1 aliphatic rings. The molecule has 0 radical (unpaired) electrons. The lowest BCUT2D eigenvalue weighted by Crippen LogP contribution is -2.08. The van der Waals surface area contributed by atoms with Gasteiger partial charge in [-0.2, -0.15) is 5.10 Å². The van der Waals surface area contributed by atoms with E-state index in [0.29, 0.717) is 0 Å². The summed E-state index contributed by atoms with van der Waals surface area (Å²) >= 11 is 0. The second-order valence-electron chi connectivity index (χ2n) is 3.84. The number of aromatic nitrogens is 2. The van der Waals surface area contributed by atoms with Crippen molar-refractivity contribution in [2.75, 3.05) is 6.54 Å². The van der Waals surface area contributed by atoms with E-state index in [1.54, 1.807) is 0 Å². The van der Waals surface area contributed by atoms with Crippen molar-refractivity contribution in [3.8, 4) is 0 Å². The van der Waals surface area contributed by atoms with E-state index in [1.807, 2.05) is 6.20 Å². The standard InChI is InChI=1S/C10H17N3/c11-6-1-2-10-5-7-12-13(10)8-9-3-4-9/h5,7,9H,1-4,6,8,11H2. The van der Waals surface area contributed by atoms with Crippen molar-refractivity contribution in [2.45, 2.75) is 32.2 Å². The highest BCUT2D eigenvalue weighted by Crippen LogP contribution is 2.30. The maximum absolute atomic E-state index is 5.48. The molecular formula is C10H17N3. The third kappa shape index (κ3) is 2.31. The Balaban J connectivity index is 1.93. The number of aryl methyl sites for hydroxylation is 1. The predicted octanol–water partition coefficient (Wildman–Crippen LogP) is 1.18. The number of nitrogens with two attached hydrogens (primary N) is 1. The Morgan fingerprint density at radius 1 is 1.54 bits per heavy atom. The van der Waals surface area contributed by atoms with Crippen LogP contribution >= 0.6 is 0 Å². The summed E-state index contributed by atoms with van der Waals surface area (Å²) in [7, 11) is 0. The summed E-state index contributed by atoms with van der Waals surface area (Å²) in [5.41, 5.74) is 6.82. The van der Waals surface area contributed by atoms with Crippen LogP contribution in [0.2, 0.25) is 0 Å². The lowest BCUT2D eigenvalue weighted by Gasteiger charge is -2.05. The second kappa shape index (κ2) is 3.92. The average molecular weight is 179 g/mol. The Hall–Kier alpha value is -0.830. The molecule has 1 aromatic rings. The Labute approximate surface area is 78.9 Å². The third-order valence-electron chi connectivity index (χ3n) is 2.57. The summed E-state index contributed by atoms with van der Waals surface area (Å²) in [6, 6.07) is 2.11. The van der Waals surface area contributed by atoms with E-state index >= 15 is 0 Å². The van der Waals surface area contributed by atoms with Gasteiger partial charge in [-0.25, -0.2) is 0 Å². The summed E-state index contributed by atoms with van der Waals surface area (Å²) < 4.78 is 2.15. The van der Waals surface area contributed by atoms with E-state index in [-0.39, 0.29) is 0 Å². The van der Waals surface area contributed by atoms with Gasteiger partial charge < -0.3 is 5.73 Å². The van der Waals surface area contributed by atoms with Crippen LogP contribution in [-0.2, 0) is 13.0 Å². The number of nitrogens with zero attached hydrogens (tertiary/aromatic N) is 2.